The Hall–Kier alpha value is -2.83. The van der Waals surface area contributed by atoms with Crippen molar-refractivity contribution in [3.05, 3.63) is 47.5 Å². The van der Waals surface area contributed by atoms with Crippen molar-refractivity contribution < 1.29 is 28.2 Å². The van der Waals surface area contributed by atoms with Crippen LogP contribution in [0.25, 0.3) is 11.1 Å². The minimum Gasteiger partial charge on any atom is -0.497 e. The first kappa shape index (κ1) is 18.0. The number of ether oxygens (including phenoxy) is 2. The number of rotatable bonds is 3. The van der Waals surface area contributed by atoms with Gasteiger partial charge in [-0.2, -0.15) is 0 Å². The molecule has 26 heavy (non-hydrogen) atoms. The minimum atomic E-state index is -1.21. The van der Waals surface area contributed by atoms with E-state index in [2.05, 4.69) is 5.32 Å². The molecule has 3 rings (SSSR count). The Morgan fingerprint density at radius 2 is 1.92 bits per heavy atom. The van der Waals surface area contributed by atoms with Crippen LogP contribution in [0.3, 0.4) is 0 Å². The second kappa shape index (κ2) is 6.48. The molecule has 0 saturated carbocycles. The van der Waals surface area contributed by atoms with E-state index in [0.29, 0.717) is 17.1 Å². The number of nitrogens with one attached hydrogen (secondary N) is 1. The fourth-order valence-electron chi connectivity index (χ4n) is 3.13. The monoisotopic (exact) mass is 363 g/mol. The lowest BCUT2D eigenvalue weighted by molar-refractivity contribution is 0.0992. The van der Waals surface area contributed by atoms with Crippen molar-refractivity contribution >= 4 is 6.09 Å². The summed E-state index contributed by atoms with van der Waals surface area (Å²) in [4.78, 5) is 11.1. The fraction of sp³-hybridized carbons (Fsp3) is 0.316. The Morgan fingerprint density at radius 1 is 1.23 bits per heavy atom. The number of methoxy groups -OCH3 is 1. The van der Waals surface area contributed by atoms with Crippen molar-refractivity contribution in [3.8, 4) is 22.6 Å². The number of hydrogen-bond donors (Lipinski definition) is 2. The molecule has 2 aromatic carbocycles. The van der Waals surface area contributed by atoms with Crippen molar-refractivity contribution in [1.82, 2.24) is 5.32 Å². The Balaban J connectivity index is 2.09. The SMILES string of the molecule is COc1ccc(-c2cc3c(cc2F)C(NC(=O)O)C(C)(C)CO3)c(F)c1. The number of fused-ring (bicyclic) bond motifs is 1. The summed E-state index contributed by atoms with van der Waals surface area (Å²) >= 11 is 0. The van der Waals surface area contributed by atoms with Crippen LogP contribution >= 0.6 is 0 Å². The zero-order valence-electron chi connectivity index (χ0n) is 14.6. The molecule has 1 aliphatic heterocycles. The lowest BCUT2D eigenvalue weighted by Gasteiger charge is -2.39. The van der Waals surface area contributed by atoms with Gasteiger partial charge in [0, 0.05) is 28.2 Å². The summed E-state index contributed by atoms with van der Waals surface area (Å²) in [6.45, 7) is 3.89. The molecule has 2 aromatic rings. The molecule has 1 unspecified atom stereocenters. The van der Waals surface area contributed by atoms with Crippen LogP contribution in [0.1, 0.15) is 25.5 Å². The summed E-state index contributed by atoms with van der Waals surface area (Å²) in [5.74, 6) is -0.631. The van der Waals surface area contributed by atoms with E-state index in [0.717, 1.165) is 0 Å². The van der Waals surface area contributed by atoms with Crippen molar-refractivity contribution in [2.75, 3.05) is 13.7 Å². The lowest BCUT2D eigenvalue weighted by Crippen LogP contribution is -2.43. The van der Waals surface area contributed by atoms with Gasteiger partial charge in [0.15, 0.2) is 0 Å². The summed E-state index contributed by atoms with van der Waals surface area (Å²) in [6.07, 6.45) is -1.21. The molecular weight excluding hydrogens is 344 g/mol. The van der Waals surface area contributed by atoms with E-state index in [-0.39, 0.29) is 17.7 Å². The van der Waals surface area contributed by atoms with Gasteiger partial charge < -0.3 is 19.9 Å². The van der Waals surface area contributed by atoms with Crippen LogP contribution in [-0.4, -0.2) is 24.9 Å². The molecule has 1 atom stereocenters. The Bertz CT molecular complexity index is 867. The highest BCUT2D eigenvalue weighted by molar-refractivity contribution is 5.70. The molecule has 0 aromatic heterocycles. The van der Waals surface area contributed by atoms with E-state index in [9.17, 15) is 13.6 Å². The molecule has 2 N–H and O–H groups in total. The lowest BCUT2D eigenvalue weighted by atomic mass is 9.78. The van der Waals surface area contributed by atoms with Gasteiger partial charge in [-0.1, -0.05) is 13.8 Å². The second-order valence-corrected chi connectivity index (χ2v) is 6.88. The van der Waals surface area contributed by atoms with E-state index < -0.39 is 29.2 Å². The number of benzene rings is 2. The van der Waals surface area contributed by atoms with Crippen molar-refractivity contribution in [1.29, 1.82) is 0 Å². The van der Waals surface area contributed by atoms with Crippen molar-refractivity contribution in [2.45, 2.75) is 19.9 Å². The first-order valence-corrected chi connectivity index (χ1v) is 8.02. The van der Waals surface area contributed by atoms with Gasteiger partial charge in [-0.3, -0.25) is 0 Å². The maximum absolute atomic E-state index is 14.8. The molecule has 1 amide bonds. The van der Waals surface area contributed by atoms with Crippen LogP contribution < -0.4 is 14.8 Å². The highest BCUT2D eigenvalue weighted by Crippen LogP contribution is 2.45. The predicted octanol–water partition coefficient (Wildman–Crippen LogP) is 4.37. The predicted molar refractivity (Wildman–Crippen MR) is 91.5 cm³/mol. The second-order valence-electron chi connectivity index (χ2n) is 6.88. The molecular formula is C19H19F2NO4. The van der Waals surface area contributed by atoms with Crippen molar-refractivity contribution in [3.63, 3.8) is 0 Å². The van der Waals surface area contributed by atoms with Crippen LogP contribution in [0.15, 0.2) is 30.3 Å². The fourth-order valence-corrected chi connectivity index (χ4v) is 3.13. The Morgan fingerprint density at radius 3 is 2.54 bits per heavy atom. The van der Waals surface area contributed by atoms with E-state index in [4.69, 9.17) is 14.6 Å². The molecule has 0 saturated heterocycles. The Labute approximate surface area is 149 Å². The molecule has 1 aliphatic rings. The van der Waals surface area contributed by atoms with Crippen LogP contribution in [0.5, 0.6) is 11.5 Å². The van der Waals surface area contributed by atoms with Crippen LogP contribution in [0, 0.1) is 17.0 Å². The number of halogens is 2. The van der Waals surface area contributed by atoms with Crippen molar-refractivity contribution in [2.24, 2.45) is 5.41 Å². The van der Waals surface area contributed by atoms with Gasteiger partial charge in [0.1, 0.15) is 23.1 Å². The maximum Gasteiger partial charge on any atom is 0.405 e. The largest absolute Gasteiger partial charge is 0.497 e. The normalized spacial score (nSPS) is 17.8. The average molecular weight is 363 g/mol. The van der Waals surface area contributed by atoms with Crippen LogP contribution in [0.2, 0.25) is 0 Å². The molecule has 138 valence electrons. The van der Waals surface area contributed by atoms with E-state index in [1.165, 1.54) is 37.4 Å². The number of carbonyl (C=O) groups is 1. The van der Waals surface area contributed by atoms with Gasteiger partial charge in [-0.05, 0) is 24.3 Å². The number of amides is 1. The summed E-state index contributed by atoms with van der Waals surface area (Å²) in [7, 11) is 1.42. The number of carboxylic acid groups (broad SMARTS) is 1. The van der Waals surface area contributed by atoms with Gasteiger partial charge >= 0.3 is 6.09 Å². The van der Waals surface area contributed by atoms with Gasteiger partial charge in [-0.25, -0.2) is 13.6 Å². The van der Waals surface area contributed by atoms with Gasteiger partial charge in [0.25, 0.3) is 0 Å². The first-order valence-electron chi connectivity index (χ1n) is 8.02. The molecule has 0 aliphatic carbocycles. The van der Waals surface area contributed by atoms with Gasteiger partial charge in [0.05, 0.1) is 19.8 Å². The molecule has 0 spiro atoms. The Kier molecular flexibility index (Phi) is 4.48. The third-order valence-electron chi connectivity index (χ3n) is 4.53. The van der Waals surface area contributed by atoms with Gasteiger partial charge in [0.2, 0.25) is 0 Å². The molecule has 0 fully saturated rings. The highest BCUT2D eigenvalue weighted by Gasteiger charge is 2.39. The third kappa shape index (κ3) is 3.16. The highest BCUT2D eigenvalue weighted by atomic mass is 19.1. The average Bonchev–Trinajstić information content (AvgIpc) is 2.57. The smallest absolute Gasteiger partial charge is 0.405 e. The molecule has 1 heterocycles. The summed E-state index contributed by atoms with van der Waals surface area (Å²) in [5, 5.41) is 11.5. The van der Waals surface area contributed by atoms with E-state index in [1.807, 2.05) is 13.8 Å². The standard InChI is InChI=1S/C19H19F2NO4/c1-19(2)9-26-16-8-12(11-5-4-10(25-3)6-14(11)20)15(21)7-13(16)17(19)22-18(23)24/h4-8,17,22H,9H2,1-3H3,(H,23,24). The first-order chi connectivity index (χ1) is 12.2. The summed E-state index contributed by atoms with van der Waals surface area (Å²) < 4.78 is 39.8. The summed E-state index contributed by atoms with van der Waals surface area (Å²) in [6, 6.07) is 6.10. The molecule has 0 bridgehead atoms. The maximum atomic E-state index is 14.8. The minimum absolute atomic E-state index is 0.0395. The zero-order chi connectivity index (χ0) is 19.1. The number of hydrogen-bond acceptors (Lipinski definition) is 3. The van der Waals surface area contributed by atoms with Gasteiger partial charge in [-0.15, -0.1) is 0 Å². The van der Waals surface area contributed by atoms with Crippen LogP contribution in [-0.2, 0) is 0 Å². The third-order valence-corrected chi connectivity index (χ3v) is 4.53. The zero-order valence-corrected chi connectivity index (χ0v) is 14.6. The molecule has 0 radical (unpaired) electrons. The van der Waals surface area contributed by atoms with E-state index >= 15 is 0 Å². The summed E-state index contributed by atoms with van der Waals surface area (Å²) in [5.41, 5.74) is -0.0659. The quantitative estimate of drug-likeness (QED) is 0.850. The van der Waals surface area contributed by atoms with Crippen LogP contribution in [0.4, 0.5) is 13.6 Å². The molecule has 5 nitrogen and oxygen atoms in total. The molecule has 7 heteroatoms. The van der Waals surface area contributed by atoms with E-state index in [1.54, 1.807) is 0 Å². The topological polar surface area (TPSA) is 67.8 Å².